The fourth-order valence-electron chi connectivity index (χ4n) is 2.59. The minimum absolute atomic E-state index is 0.159. The van der Waals surface area contributed by atoms with Crippen molar-refractivity contribution in [2.24, 2.45) is 0 Å². The minimum atomic E-state index is -3.53. The fourth-order valence-corrected chi connectivity index (χ4v) is 3.02. The molecular weight excluding hydrogens is 350 g/mol. The monoisotopic (exact) mass is 365 g/mol. The molecule has 0 N–H and O–H groups in total. The zero-order chi connectivity index (χ0) is 17.4. The number of imidazole rings is 1. The van der Waals surface area contributed by atoms with E-state index in [2.05, 4.69) is 30.0 Å². The van der Waals surface area contributed by atoms with Crippen molar-refractivity contribution >= 4 is 26.8 Å². The molecule has 1 aliphatic heterocycles. The molecule has 0 unspecified atom stereocenters. The molecule has 0 aliphatic carbocycles. The Morgan fingerprint density at radius 2 is 1.96 bits per heavy atom. The number of morpholine rings is 1. The van der Waals surface area contributed by atoms with Crippen LogP contribution in [-0.2, 0) is 21.1 Å². The smallest absolute Gasteiger partial charge is 0.335 e. The van der Waals surface area contributed by atoms with Crippen LogP contribution in [-0.4, -0.2) is 70.7 Å². The van der Waals surface area contributed by atoms with Crippen LogP contribution in [0.4, 0.5) is 5.82 Å². The van der Waals surface area contributed by atoms with E-state index in [4.69, 9.17) is 9.15 Å². The summed E-state index contributed by atoms with van der Waals surface area (Å²) in [4.78, 5) is 15.1. The Bertz CT molecular complexity index is 1010. The Balaban J connectivity index is 1.66. The molecule has 12 heteroatoms. The van der Waals surface area contributed by atoms with Gasteiger partial charge in [0.2, 0.25) is 15.7 Å². The molecular formula is C13H15N7O4S. The summed E-state index contributed by atoms with van der Waals surface area (Å²) in [6.45, 7) is 2.92. The molecule has 3 aromatic heterocycles. The van der Waals surface area contributed by atoms with E-state index >= 15 is 0 Å². The van der Waals surface area contributed by atoms with Gasteiger partial charge in [-0.1, -0.05) is 5.10 Å². The highest BCUT2D eigenvalue weighted by Gasteiger charge is 2.20. The molecule has 11 nitrogen and oxygen atoms in total. The maximum absolute atomic E-state index is 11.4. The summed E-state index contributed by atoms with van der Waals surface area (Å²) in [5, 5.41) is 6.90. The predicted molar refractivity (Wildman–Crippen MR) is 84.9 cm³/mol. The Morgan fingerprint density at radius 3 is 2.68 bits per heavy atom. The first-order valence-corrected chi connectivity index (χ1v) is 9.42. The number of aromatic nitrogens is 6. The SMILES string of the molecule is CS(=O)(=O)c1nnc(Cn2cnc3c(N4CCOCC4)ncnc32)o1. The molecule has 0 aromatic carbocycles. The Kier molecular flexibility index (Phi) is 3.84. The number of anilines is 1. The summed E-state index contributed by atoms with van der Waals surface area (Å²) in [6.07, 6.45) is 4.08. The topological polar surface area (TPSA) is 129 Å². The van der Waals surface area contributed by atoms with Gasteiger partial charge in [0.15, 0.2) is 17.0 Å². The standard InChI is InChI=1S/C13H15N7O4S/c1-25(21,22)13-18-17-9(24-13)6-20-8-16-10-11(14-7-15-12(10)20)19-2-4-23-5-3-19/h7-8H,2-6H2,1H3. The third-order valence-corrected chi connectivity index (χ3v) is 4.56. The average Bonchev–Trinajstić information content (AvgIpc) is 3.23. The Morgan fingerprint density at radius 1 is 1.16 bits per heavy atom. The van der Waals surface area contributed by atoms with Crippen LogP contribution >= 0.6 is 0 Å². The second-order valence-electron chi connectivity index (χ2n) is 5.58. The van der Waals surface area contributed by atoms with Crippen LogP contribution in [0.15, 0.2) is 22.3 Å². The molecule has 1 aliphatic rings. The van der Waals surface area contributed by atoms with E-state index in [9.17, 15) is 8.42 Å². The summed E-state index contributed by atoms with van der Waals surface area (Å²) in [5.74, 6) is 0.903. The van der Waals surface area contributed by atoms with Crippen molar-refractivity contribution in [1.82, 2.24) is 29.7 Å². The number of rotatable bonds is 4. The maximum Gasteiger partial charge on any atom is 0.335 e. The first kappa shape index (κ1) is 15.9. The van der Waals surface area contributed by atoms with Gasteiger partial charge in [0.25, 0.3) is 0 Å². The number of hydrogen-bond acceptors (Lipinski definition) is 10. The third-order valence-electron chi connectivity index (χ3n) is 3.76. The van der Waals surface area contributed by atoms with E-state index in [0.29, 0.717) is 24.4 Å². The lowest BCUT2D eigenvalue weighted by molar-refractivity contribution is 0.122. The molecule has 0 radical (unpaired) electrons. The van der Waals surface area contributed by atoms with E-state index in [1.807, 2.05) is 0 Å². The van der Waals surface area contributed by atoms with Gasteiger partial charge < -0.3 is 18.6 Å². The lowest BCUT2D eigenvalue weighted by Gasteiger charge is -2.27. The Labute approximate surface area is 142 Å². The summed E-state index contributed by atoms with van der Waals surface area (Å²) in [7, 11) is -3.53. The molecule has 0 bridgehead atoms. The zero-order valence-corrected chi connectivity index (χ0v) is 14.2. The van der Waals surface area contributed by atoms with Crippen molar-refractivity contribution in [3.63, 3.8) is 0 Å². The predicted octanol–water partition coefficient (Wildman–Crippen LogP) is -0.502. The summed E-state index contributed by atoms with van der Waals surface area (Å²) >= 11 is 0. The van der Waals surface area contributed by atoms with Crippen molar-refractivity contribution in [2.45, 2.75) is 11.8 Å². The van der Waals surface area contributed by atoms with Crippen LogP contribution in [0.3, 0.4) is 0 Å². The highest BCUT2D eigenvalue weighted by atomic mass is 32.2. The number of ether oxygens (including phenoxy) is 1. The van der Waals surface area contributed by atoms with Gasteiger partial charge in [-0.3, -0.25) is 0 Å². The third kappa shape index (κ3) is 3.05. The molecule has 4 rings (SSSR count). The van der Waals surface area contributed by atoms with Crippen LogP contribution in [0, 0.1) is 0 Å². The molecule has 0 atom stereocenters. The van der Waals surface area contributed by atoms with Gasteiger partial charge >= 0.3 is 5.22 Å². The number of fused-ring (bicyclic) bond motifs is 1. The van der Waals surface area contributed by atoms with Gasteiger partial charge in [-0.25, -0.2) is 23.4 Å². The van der Waals surface area contributed by atoms with E-state index in [-0.39, 0.29) is 12.4 Å². The number of nitrogens with zero attached hydrogens (tertiary/aromatic N) is 7. The maximum atomic E-state index is 11.4. The van der Waals surface area contributed by atoms with E-state index in [1.54, 1.807) is 10.9 Å². The van der Waals surface area contributed by atoms with Crippen LogP contribution < -0.4 is 4.90 Å². The highest BCUT2D eigenvalue weighted by Crippen LogP contribution is 2.22. The number of hydrogen-bond donors (Lipinski definition) is 0. The summed E-state index contributed by atoms with van der Waals surface area (Å²) in [5.41, 5.74) is 1.27. The van der Waals surface area contributed by atoms with Gasteiger partial charge in [0, 0.05) is 19.3 Å². The zero-order valence-electron chi connectivity index (χ0n) is 13.4. The summed E-state index contributed by atoms with van der Waals surface area (Å²) < 4.78 is 35.1. The average molecular weight is 365 g/mol. The van der Waals surface area contributed by atoms with Gasteiger partial charge in [0.05, 0.1) is 19.5 Å². The van der Waals surface area contributed by atoms with E-state index < -0.39 is 15.1 Å². The lowest BCUT2D eigenvalue weighted by Crippen LogP contribution is -2.36. The molecule has 3 aromatic rings. The van der Waals surface area contributed by atoms with Gasteiger partial charge in [0.1, 0.15) is 12.9 Å². The van der Waals surface area contributed by atoms with Crippen molar-refractivity contribution in [1.29, 1.82) is 0 Å². The second kappa shape index (κ2) is 6.04. The van der Waals surface area contributed by atoms with Crippen LogP contribution in [0.25, 0.3) is 11.2 Å². The molecule has 1 fully saturated rings. The number of sulfone groups is 1. The van der Waals surface area contributed by atoms with E-state index in [1.165, 1.54) is 6.33 Å². The van der Waals surface area contributed by atoms with Crippen molar-refractivity contribution in [3.05, 3.63) is 18.5 Å². The van der Waals surface area contributed by atoms with Crippen molar-refractivity contribution in [3.8, 4) is 0 Å². The van der Waals surface area contributed by atoms with Crippen LogP contribution in [0.2, 0.25) is 0 Å². The summed E-state index contributed by atoms with van der Waals surface area (Å²) in [6, 6.07) is 0. The first-order valence-electron chi connectivity index (χ1n) is 7.53. The highest BCUT2D eigenvalue weighted by molar-refractivity contribution is 7.90. The minimum Gasteiger partial charge on any atom is -0.411 e. The van der Waals surface area contributed by atoms with Gasteiger partial charge in [-0.05, 0) is 0 Å². The molecule has 0 spiro atoms. The van der Waals surface area contributed by atoms with Crippen LogP contribution in [0.5, 0.6) is 0 Å². The largest absolute Gasteiger partial charge is 0.411 e. The van der Waals surface area contributed by atoms with E-state index in [0.717, 1.165) is 25.2 Å². The second-order valence-corrected chi connectivity index (χ2v) is 7.47. The molecule has 4 heterocycles. The molecule has 25 heavy (non-hydrogen) atoms. The van der Waals surface area contributed by atoms with Gasteiger partial charge in [-0.15, -0.1) is 5.10 Å². The van der Waals surface area contributed by atoms with Crippen molar-refractivity contribution < 1.29 is 17.6 Å². The fraction of sp³-hybridized carbons (Fsp3) is 0.462. The Hall–Kier alpha value is -2.60. The molecule has 0 saturated carbocycles. The van der Waals surface area contributed by atoms with Gasteiger partial charge in [-0.2, -0.15) is 0 Å². The molecule has 1 saturated heterocycles. The van der Waals surface area contributed by atoms with Crippen LogP contribution in [0.1, 0.15) is 5.89 Å². The quantitative estimate of drug-likeness (QED) is 0.596. The normalized spacial score (nSPS) is 15.8. The molecule has 0 amide bonds. The molecule has 132 valence electrons. The lowest BCUT2D eigenvalue weighted by atomic mass is 10.4. The van der Waals surface area contributed by atoms with Crippen molar-refractivity contribution in [2.75, 3.05) is 37.5 Å². The first-order chi connectivity index (χ1) is 12.0.